The number of hydrogen-bond donors (Lipinski definition) is 1. The van der Waals surface area contributed by atoms with Crippen molar-refractivity contribution in [3.05, 3.63) is 39.9 Å². The summed E-state index contributed by atoms with van der Waals surface area (Å²) in [4.78, 5) is 33.1. The molecule has 1 rings (SSSR count). The first-order valence-corrected chi connectivity index (χ1v) is 5.92. The highest BCUT2D eigenvalue weighted by Gasteiger charge is 2.42. The molecule has 1 aromatic carbocycles. The smallest absolute Gasteiger partial charge is 0.316 e. The summed E-state index contributed by atoms with van der Waals surface area (Å²) in [6.45, 7) is 1.67. The van der Waals surface area contributed by atoms with Gasteiger partial charge in [0.15, 0.2) is 0 Å². The number of ether oxygens (including phenoxy) is 1. The average Bonchev–Trinajstić information content (AvgIpc) is 2.43. The zero-order chi connectivity index (χ0) is 15.3. The van der Waals surface area contributed by atoms with Crippen molar-refractivity contribution in [2.75, 3.05) is 7.11 Å². The number of nitrogens with zero attached hydrogens (tertiary/aromatic N) is 1. The fourth-order valence-corrected chi connectivity index (χ4v) is 2.12. The molecule has 0 saturated heterocycles. The Morgan fingerprint density at radius 3 is 2.25 bits per heavy atom. The second kappa shape index (κ2) is 6.14. The van der Waals surface area contributed by atoms with Crippen LogP contribution in [-0.4, -0.2) is 29.1 Å². The molecule has 1 unspecified atom stereocenters. The summed E-state index contributed by atoms with van der Waals surface area (Å²) in [5.41, 5.74) is -1.07. The largest absolute Gasteiger partial charge is 0.481 e. The number of carbonyl (C=O) groups is 2. The van der Waals surface area contributed by atoms with Gasteiger partial charge in [-0.1, -0.05) is 19.1 Å². The number of carbonyl (C=O) groups excluding carboxylic acids is 1. The van der Waals surface area contributed by atoms with Crippen molar-refractivity contribution in [1.29, 1.82) is 0 Å². The van der Waals surface area contributed by atoms with Gasteiger partial charge in [0.1, 0.15) is 5.41 Å². The fourth-order valence-electron chi connectivity index (χ4n) is 2.12. The molecule has 0 saturated carbocycles. The molecule has 1 N–H and O–H groups in total. The Kier molecular flexibility index (Phi) is 4.79. The molecule has 0 fully saturated rings. The lowest BCUT2D eigenvalue weighted by Gasteiger charge is -2.28. The van der Waals surface area contributed by atoms with Gasteiger partial charge < -0.3 is 9.84 Å². The highest BCUT2D eigenvalue weighted by molar-refractivity contribution is 5.88. The third-order valence-corrected chi connectivity index (χ3v) is 3.26. The summed E-state index contributed by atoms with van der Waals surface area (Å²) < 4.78 is 4.70. The lowest BCUT2D eigenvalue weighted by molar-refractivity contribution is -0.384. The first kappa shape index (κ1) is 15.6. The second-order valence-corrected chi connectivity index (χ2v) is 4.30. The summed E-state index contributed by atoms with van der Waals surface area (Å²) >= 11 is 0. The fraction of sp³-hybridized carbons (Fsp3) is 0.385. The minimum atomic E-state index is -1.34. The van der Waals surface area contributed by atoms with Gasteiger partial charge in [-0.15, -0.1) is 0 Å². The lowest BCUT2D eigenvalue weighted by Crippen LogP contribution is -2.38. The topological polar surface area (TPSA) is 107 Å². The van der Waals surface area contributed by atoms with Gasteiger partial charge in [-0.3, -0.25) is 19.7 Å². The zero-order valence-corrected chi connectivity index (χ0v) is 11.2. The van der Waals surface area contributed by atoms with E-state index in [2.05, 4.69) is 0 Å². The second-order valence-electron chi connectivity index (χ2n) is 4.30. The van der Waals surface area contributed by atoms with E-state index in [1.807, 2.05) is 0 Å². The lowest BCUT2D eigenvalue weighted by atomic mass is 9.75. The number of aliphatic carboxylic acids is 1. The van der Waals surface area contributed by atoms with Gasteiger partial charge in [0.25, 0.3) is 5.69 Å². The number of esters is 1. The summed E-state index contributed by atoms with van der Waals surface area (Å²) in [5.74, 6) is -1.81. The van der Waals surface area contributed by atoms with Crippen molar-refractivity contribution in [2.45, 2.75) is 25.2 Å². The van der Waals surface area contributed by atoms with Crippen LogP contribution in [-0.2, 0) is 19.7 Å². The summed E-state index contributed by atoms with van der Waals surface area (Å²) in [6, 6.07) is 5.26. The maximum Gasteiger partial charge on any atom is 0.316 e. The molecule has 0 spiro atoms. The number of carboxylic acids is 1. The average molecular weight is 281 g/mol. The number of benzene rings is 1. The van der Waals surface area contributed by atoms with E-state index >= 15 is 0 Å². The molecule has 20 heavy (non-hydrogen) atoms. The summed E-state index contributed by atoms with van der Waals surface area (Å²) in [6.07, 6.45) is -0.224. The van der Waals surface area contributed by atoms with Gasteiger partial charge in [-0.2, -0.15) is 0 Å². The molecule has 7 nitrogen and oxygen atoms in total. The van der Waals surface area contributed by atoms with Crippen LogP contribution in [0.4, 0.5) is 5.69 Å². The Morgan fingerprint density at radius 1 is 1.35 bits per heavy atom. The molecular formula is C13H15NO6. The van der Waals surface area contributed by atoms with Crippen molar-refractivity contribution in [3.8, 4) is 0 Å². The molecule has 0 aromatic heterocycles. The Hall–Kier alpha value is -2.44. The van der Waals surface area contributed by atoms with Crippen molar-refractivity contribution >= 4 is 17.6 Å². The molecule has 0 bridgehead atoms. The van der Waals surface area contributed by atoms with Crippen LogP contribution in [0.15, 0.2) is 24.3 Å². The van der Waals surface area contributed by atoms with Gasteiger partial charge in [-0.05, 0) is 12.0 Å². The standard InChI is InChI=1S/C13H15NO6/c1-3-13(8-11(15)16,12(17)20-2)9-4-6-10(7-5-9)14(18)19/h4-7H,3,8H2,1-2H3,(H,15,16). The molecule has 0 aliphatic heterocycles. The van der Waals surface area contributed by atoms with E-state index in [0.29, 0.717) is 5.56 Å². The van der Waals surface area contributed by atoms with Crippen LogP contribution in [0.2, 0.25) is 0 Å². The molecule has 0 aliphatic rings. The Balaban J connectivity index is 3.31. The van der Waals surface area contributed by atoms with Crippen LogP contribution in [0, 0.1) is 10.1 Å². The van der Waals surface area contributed by atoms with E-state index in [1.54, 1.807) is 6.92 Å². The molecule has 1 aromatic rings. The SMILES string of the molecule is CCC(CC(=O)O)(C(=O)OC)c1ccc([N+](=O)[O-])cc1. The number of nitro groups is 1. The van der Waals surface area contributed by atoms with E-state index in [1.165, 1.54) is 31.4 Å². The monoisotopic (exact) mass is 281 g/mol. The van der Waals surface area contributed by atoms with E-state index in [4.69, 9.17) is 9.84 Å². The van der Waals surface area contributed by atoms with E-state index in [0.717, 1.165) is 0 Å². The highest BCUT2D eigenvalue weighted by Crippen LogP contribution is 2.34. The van der Waals surface area contributed by atoms with E-state index in [-0.39, 0.29) is 12.1 Å². The van der Waals surface area contributed by atoms with E-state index < -0.39 is 28.7 Å². The van der Waals surface area contributed by atoms with Crippen LogP contribution >= 0.6 is 0 Å². The number of nitro benzene ring substituents is 1. The number of non-ortho nitro benzene ring substituents is 1. The molecular weight excluding hydrogens is 266 g/mol. The first-order chi connectivity index (χ1) is 9.37. The molecule has 1 atom stereocenters. The quantitative estimate of drug-likeness (QED) is 0.484. The molecule has 7 heteroatoms. The van der Waals surface area contributed by atoms with Gasteiger partial charge in [0, 0.05) is 12.1 Å². The van der Waals surface area contributed by atoms with Crippen molar-refractivity contribution in [3.63, 3.8) is 0 Å². The Morgan fingerprint density at radius 2 is 1.90 bits per heavy atom. The van der Waals surface area contributed by atoms with Crippen LogP contribution in [0.3, 0.4) is 0 Å². The Labute approximate surface area is 115 Å². The maximum absolute atomic E-state index is 12.0. The van der Waals surface area contributed by atoms with Crippen LogP contribution in [0.5, 0.6) is 0 Å². The van der Waals surface area contributed by atoms with Crippen molar-refractivity contribution in [2.24, 2.45) is 0 Å². The Bertz CT molecular complexity index is 524. The van der Waals surface area contributed by atoms with Gasteiger partial charge in [-0.25, -0.2) is 0 Å². The minimum absolute atomic E-state index is 0.126. The molecule has 0 aliphatic carbocycles. The van der Waals surface area contributed by atoms with Crippen molar-refractivity contribution in [1.82, 2.24) is 0 Å². The van der Waals surface area contributed by atoms with Crippen LogP contribution in [0.1, 0.15) is 25.3 Å². The molecule has 0 heterocycles. The third-order valence-electron chi connectivity index (χ3n) is 3.26. The number of hydrogen-bond acceptors (Lipinski definition) is 5. The predicted octanol–water partition coefficient (Wildman–Crippen LogP) is 1.89. The molecule has 0 radical (unpaired) electrons. The zero-order valence-electron chi connectivity index (χ0n) is 11.2. The highest BCUT2D eigenvalue weighted by atomic mass is 16.6. The van der Waals surface area contributed by atoms with E-state index in [9.17, 15) is 19.7 Å². The number of methoxy groups -OCH3 is 1. The maximum atomic E-state index is 12.0. The summed E-state index contributed by atoms with van der Waals surface area (Å²) in [7, 11) is 1.18. The molecule has 108 valence electrons. The minimum Gasteiger partial charge on any atom is -0.481 e. The molecule has 0 amide bonds. The van der Waals surface area contributed by atoms with Gasteiger partial charge >= 0.3 is 11.9 Å². The van der Waals surface area contributed by atoms with Crippen LogP contribution < -0.4 is 0 Å². The van der Waals surface area contributed by atoms with Crippen LogP contribution in [0.25, 0.3) is 0 Å². The van der Waals surface area contributed by atoms with Gasteiger partial charge in [0.05, 0.1) is 18.5 Å². The third kappa shape index (κ3) is 2.93. The van der Waals surface area contributed by atoms with Crippen molar-refractivity contribution < 1.29 is 24.4 Å². The summed E-state index contributed by atoms with van der Waals surface area (Å²) in [5, 5.41) is 19.6. The first-order valence-electron chi connectivity index (χ1n) is 5.92. The predicted molar refractivity (Wildman–Crippen MR) is 69.3 cm³/mol. The number of rotatable bonds is 6. The normalized spacial score (nSPS) is 13.3. The number of carboxylic acid groups (broad SMARTS) is 1. The van der Waals surface area contributed by atoms with Gasteiger partial charge in [0.2, 0.25) is 0 Å².